The number of benzene rings is 1. The van der Waals surface area contributed by atoms with Crippen molar-refractivity contribution in [1.82, 2.24) is 10.3 Å². The topological polar surface area (TPSA) is 72.9 Å². The summed E-state index contributed by atoms with van der Waals surface area (Å²) in [5, 5.41) is 2.92. The van der Waals surface area contributed by atoms with Crippen LogP contribution < -0.4 is 19.7 Å². The van der Waals surface area contributed by atoms with Crippen LogP contribution in [-0.4, -0.2) is 51.4 Å². The van der Waals surface area contributed by atoms with Gasteiger partial charge < -0.3 is 24.4 Å². The molecule has 28 heavy (non-hydrogen) atoms. The Morgan fingerprint density at radius 3 is 2.75 bits per heavy atom. The number of anilines is 1. The SMILES string of the molecule is COc1ccc(/C=C/C(=O)NCc2cccnc2N2CCOCC2)cc1OC. The maximum absolute atomic E-state index is 12.2. The first-order chi connectivity index (χ1) is 13.7. The molecule has 7 nitrogen and oxygen atoms in total. The fourth-order valence-electron chi connectivity index (χ4n) is 3.00. The molecule has 7 heteroatoms. The standard InChI is InChI=1S/C21H25N3O4/c1-26-18-7-5-16(14-19(18)27-2)6-8-20(25)23-15-17-4-3-9-22-21(17)24-10-12-28-13-11-24/h3-9,14H,10-13,15H2,1-2H3,(H,23,25)/b8-6+. The molecule has 1 saturated heterocycles. The monoisotopic (exact) mass is 383 g/mol. The zero-order valence-corrected chi connectivity index (χ0v) is 16.2. The maximum atomic E-state index is 12.2. The summed E-state index contributed by atoms with van der Waals surface area (Å²) in [6.07, 6.45) is 5.02. The number of carbonyl (C=O) groups excluding carboxylic acids is 1. The van der Waals surface area contributed by atoms with E-state index in [2.05, 4.69) is 15.2 Å². The van der Waals surface area contributed by atoms with E-state index in [0.29, 0.717) is 31.3 Å². The largest absolute Gasteiger partial charge is 0.493 e. The van der Waals surface area contributed by atoms with Crippen LogP contribution in [0.4, 0.5) is 5.82 Å². The zero-order valence-electron chi connectivity index (χ0n) is 16.2. The summed E-state index contributed by atoms with van der Waals surface area (Å²) >= 11 is 0. The number of nitrogens with zero attached hydrogens (tertiary/aromatic N) is 2. The summed E-state index contributed by atoms with van der Waals surface area (Å²) in [4.78, 5) is 18.9. The first-order valence-electron chi connectivity index (χ1n) is 9.16. The predicted molar refractivity (Wildman–Crippen MR) is 108 cm³/mol. The minimum Gasteiger partial charge on any atom is -0.493 e. The summed E-state index contributed by atoms with van der Waals surface area (Å²) in [6.45, 7) is 3.40. The van der Waals surface area contributed by atoms with Crippen LogP contribution >= 0.6 is 0 Å². The van der Waals surface area contributed by atoms with Gasteiger partial charge in [0.15, 0.2) is 11.5 Å². The van der Waals surface area contributed by atoms with E-state index in [0.717, 1.165) is 30.0 Å². The minimum absolute atomic E-state index is 0.174. The highest BCUT2D eigenvalue weighted by atomic mass is 16.5. The molecular weight excluding hydrogens is 358 g/mol. The Balaban J connectivity index is 1.61. The van der Waals surface area contributed by atoms with Crippen LogP contribution in [0.2, 0.25) is 0 Å². The van der Waals surface area contributed by atoms with Crippen molar-refractivity contribution in [3.05, 3.63) is 53.7 Å². The van der Waals surface area contributed by atoms with Gasteiger partial charge in [-0.1, -0.05) is 12.1 Å². The van der Waals surface area contributed by atoms with Gasteiger partial charge in [0, 0.05) is 37.5 Å². The average molecular weight is 383 g/mol. The Kier molecular flexibility index (Phi) is 6.86. The molecule has 0 bridgehead atoms. The smallest absolute Gasteiger partial charge is 0.244 e. The quantitative estimate of drug-likeness (QED) is 0.740. The molecule has 0 saturated carbocycles. The highest BCUT2D eigenvalue weighted by Gasteiger charge is 2.15. The van der Waals surface area contributed by atoms with Gasteiger partial charge in [-0.3, -0.25) is 4.79 Å². The highest BCUT2D eigenvalue weighted by molar-refractivity contribution is 5.91. The number of aromatic nitrogens is 1. The van der Waals surface area contributed by atoms with E-state index >= 15 is 0 Å². The van der Waals surface area contributed by atoms with Crippen molar-refractivity contribution in [3.63, 3.8) is 0 Å². The molecule has 0 aliphatic carbocycles. The minimum atomic E-state index is -0.174. The van der Waals surface area contributed by atoms with E-state index in [4.69, 9.17) is 14.2 Å². The number of methoxy groups -OCH3 is 2. The van der Waals surface area contributed by atoms with Gasteiger partial charge in [-0.05, 0) is 29.8 Å². The molecule has 1 fully saturated rings. The van der Waals surface area contributed by atoms with Gasteiger partial charge in [0.1, 0.15) is 5.82 Å². The number of pyridine rings is 1. The molecule has 0 spiro atoms. The zero-order chi connectivity index (χ0) is 19.8. The maximum Gasteiger partial charge on any atom is 0.244 e. The van der Waals surface area contributed by atoms with Crippen molar-refractivity contribution in [2.24, 2.45) is 0 Å². The van der Waals surface area contributed by atoms with E-state index in [9.17, 15) is 4.79 Å². The fourth-order valence-corrected chi connectivity index (χ4v) is 3.00. The molecule has 0 unspecified atom stereocenters. The van der Waals surface area contributed by atoms with Crippen LogP contribution in [-0.2, 0) is 16.1 Å². The van der Waals surface area contributed by atoms with Crippen LogP contribution in [0, 0.1) is 0 Å². The summed E-state index contributed by atoms with van der Waals surface area (Å²) in [6, 6.07) is 9.35. The van der Waals surface area contributed by atoms with Gasteiger partial charge in [-0.2, -0.15) is 0 Å². The van der Waals surface area contributed by atoms with Crippen molar-refractivity contribution in [2.45, 2.75) is 6.54 Å². The van der Waals surface area contributed by atoms with Crippen molar-refractivity contribution < 1.29 is 19.0 Å². The molecule has 1 aromatic heterocycles. The predicted octanol–water partition coefficient (Wildman–Crippen LogP) is 2.27. The lowest BCUT2D eigenvalue weighted by molar-refractivity contribution is -0.116. The van der Waals surface area contributed by atoms with E-state index in [1.165, 1.54) is 6.08 Å². The number of ether oxygens (including phenoxy) is 3. The summed E-state index contributed by atoms with van der Waals surface area (Å²) in [5.74, 6) is 1.99. The molecule has 0 atom stereocenters. The first kappa shape index (κ1) is 19.7. The molecule has 148 valence electrons. The first-order valence-corrected chi connectivity index (χ1v) is 9.16. The normalized spacial score (nSPS) is 14.1. The van der Waals surface area contributed by atoms with Gasteiger partial charge in [0.2, 0.25) is 5.91 Å². The number of nitrogens with one attached hydrogen (secondary N) is 1. The van der Waals surface area contributed by atoms with Crippen molar-refractivity contribution in [1.29, 1.82) is 0 Å². The molecular formula is C21H25N3O4. The summed E-state index contributed by atoms with van der Waals surface area (Å²) in [7, 11) is 3.17. The van der Waals surface area contributed by atoms with E-state index in [-0.39, 0.29) is 5.91 Å². The second kappa shape index (κ2) is 9.75. The number of carbonyl (C=O) groups is 1. The van der Waals surface area contributed by atoms with Crippen LogP contribution in [0.5, 0.6) is 11.5 Å². The molecule has 2 heterocycles. The van der Waals surface area contributed by atoms with Crippen molar-refractivity contribution in [2.75, 3.05) is 45.4 Å². The van der Waals surface area contributed by atoms with Gasteiger partial charge in [-0.25, -0.2) is 4.98 Å². The third kappa shape index (κ3) is 5.01. The van der Waals surface area contributed by atoms with Crippen LogP contribution in [0.1, 0.15) is 11.1 Å². The molecule has 1 amide bonds. The third-order valence-corrected chi connectivity index (χ3v) is 4.47. The Labute approximate surface area is 164 Å². The van der Waals surface area contributed by atoms with E-state index in [1.54, 1.807) is 32.6 Å². The van der Waals surface area contributed by atoms with Crippen LogP contribution in [0.3, 0.4) is 0 Å². The van der Waals surface area contributed by atoms with Gasteiger partial charge in [-0.15, -0.1) is 0 Å². The van der Waals surface area contributed by atoms with Crippen molar-refractivity contribution >= 4 is 17.8 Å². The number of rotatable bonds is 7. The number of morpholine rings is 1. The summed E-state index contributed by atoms with van der Waals surface area (Å²) < 4.78 is 15.9. The molecule has 1 aliphatic heterocycles. The molecule has 3 rings (SSSR count). The number of amides is 1. The van der Waals surface area contributed by atoms with Crippen LogP contribution in [0.25, 0.3) is 6.08 Å². The second-order valence-electron chi connectivity index (χ2n) is 6.25. The average Bonchev–Trinajstić information content (AvgIpc) is 2.76. The lowest BCUT2D eigenvalue weighted by atomic mass is 10.2. The Bertz CT molecular complexity index is 832. The molecule has 1 N–H and O–H groups in total. The lowest BCUT2D eigenvalue weighted by Gasteiger charge is -2.29. The van der Waals surface area contributed by atoms with Gasteiger partial charge >= 0.3 is 0 Å². The molecule has 2 aromatic rings. The number of hydrogen-bond donors (Lipinski definition) is 1. The van der Waals surface area contributed by atoms with Crippen LogP contribution in [0.15, 0.2) is 42.6 Å². The second-order valence-corrected chi connectivity index (χ2v) is 6.25. The Hall–Kier alpha value is -3.06. The summed E-state index contributed by atoms with van der Waals surface area (Å²) in [5.41, 5.74) is 1.83. The number of hydrogen-bond acceptors (Lipinski definition) is 6. The molecule has 0 radical (unpaired) electrons. The molecule has 1 aliphatic rings. The molecule has 1 aromatic carbocycles. The van der Waals surface area contributed by atoms with Gasteiger partial charge in [0.05, 0.1) is 27.4 Å². The third-order valence-electron chi connectivity index (χ3n) is 4.47. The Morgan fingerprint density at radius 1 is 1.21 bits per heavy atom. The van der Waals surface area contributed by atoms with Crippen molar-refractivity contribution in [3.8, 4) is 11.5 Å². The fraction of sp³-hybridized carbons (Fsp3) is 0.333. The van der Waals surface area contributed by atoms with E-state index in [1.807, 2.05) is 24.3 Å². The van der Waals surface area contributed by atoms with Gasteiger partial charge in [0.25, 0.3) is 0 Å². The van der Waals surface area contributed by atoms with E-state index < -0.39 is 0 Å². The Morgan fingerprint density at radius 2 is 2.00 bits per heavy atom. The highest BCUT2D eigenvalue weighted by Crippen LogP contribution is 2.28. The lowest BCUT2D eigenvalue weighted by Crippen LogP contribution is -2.37.